The summed E-state index contributed by atoms with van der Waals surface area (Å²) < 4.78 is 13.4. The zero-order valence-electron chi connectivity index (χ0n) is 11.0. The summed E-state index contributed by atoms with van der Waals surface area (Å²) in [5.74, 6) is -2.14. The minimum atomic E-state index is -1.06. The third-order valence-electron chi connectivity index (χ3n) is 2.58. The van der Waals surface area contributed by atoms with E-state index in [1.807, 2.05) is 0 Å². The molecule has 0 saturated heterocycles. The van der Waals surface area contributed by atoms with Crippen LogP contribution in [0, 0.1) is 12.7 Å². The molecule has 0 aliphatic heterocycles. The Hall–Kier alpha value is -2.54. The standard InChI is InChI=1S/C14H11FN2O3S/c1-8-6-12(21-11(8)2-3-13(18)19)14(20)17-10-4-5-16-7-9(10)15/h2-7H,1H3,(H,18,19)(H,16,17,20)/b3-2+. The second-order valence-corrected chi connectivity index (χ2v) is 5.22. The number of carboxylic acids is 1. The molecule has 0 spiro atoms. The molecule has 0 saturated carbocycles. The molecule has 1 amide bonds. The summed E-state index contributed by atoms with van der Waals surface area (Å²) in [6, 6.07) is 2.99. The van der Waals surface area contributed by atoms with E-state index in [0.717, 1.165) is 29.2 Å². The topological polar surface area (TPSA) is 79.3 Å². The van der Waals surface area contributed by atoms with Gasteiger partial charge in [0.2, 0.25) is 0 Å². The number of nitrogens with one attached hydrogen (secondary N) is 1. The van der Waals surface area contributed by atoms with E-state index >= 15 is 0 Å². The molecule has 0 aliphatic rings. The van der Waals surface area contributed by atoms with Crippen molar-refractivity contribution in [3.63, 3.8) is 0 Å². The first kappa shape index (κ1) is 14.9. The summed E-state index contributed by atoms with van der Waals surface area (Å²) in [5.41, 5.74) is 0.821. The highest BCUT2D eigenvalue weighted by Crippen LogP contribution is 2.24. The van der Waals surface area contributed by atoms with Crippen molar-refractivity contribution in [1.29, 1.82) is 0 Å². The van der Waals surface area contributed by atoms with Gasteiger partial charge in [0.15, 0.2) is 5.82 Å². The predicted molar refractivity (Wildman–Crippen MR) is 77.9 cm³/mol. The first-order chi connectivity index (χ1) is 9.97. The minimum absolute atomic E-state index is 0.0451. The lowest BCUT2D eigenvalue weighted by molar-refractivity contribution is -0.131. The van der Waals surface area contributed by atoms with E-state index in [9.17, 15) is 14.0 Å². The number of hydrogen-bond donors (Lipinski definition) is 2. The SMILES string of the molecule is Cc1cc(C(=O)Nc2ccncc2F)sc1/C=C/C(=O)O. The first-order valence-corrected chi connectivity index (χ1v) is 6.71. The van der Waals surface area contributed by atoms with Crippen molar-refractivity contribution in [2.45, 2.75) is 6.92 Å². The van der Waals surface area contributed by atoms with Crippen LogP contribution in [0.15, 0.2) is 30.6 Å². The molecule has 2 aromatic rings. The molecule has 2 heterocycles. The average Bonchev–Trinajstić information content (AvgIpc) is 2.80. The van der Waals surface area contributed by atoms with Gasteiger partial charge in [-0.25, -0.2) is 9.18 Å². The Morgan fingerprint density at radius 2 is 2.24 bits per heavy atom. The Kier molecular flexibility index (Phi) is 4.44. The Balaban J connectivity index is 2.19. The summed E-state index contributed by atoms with van der Waals surface area (Å²) in [6.45, 7) is 1.77. The number of hydrogen-bond acceptors (Lipinski definition) is 4. The van der Waals surface area contributed by atoms with E-state index in [-0.39, 0.29) is 5.69 Å². The van der Waals surface area contributed by atoms with Gasteiger partial charge in [-0.05, 0) is 30.7 Å². The summed E-state index contributed by atoms with van der Waals surface area (Å²) in [4.78, 5) is 27.2. The summed E-state index contributed by atoms with van der Waals surface area (Å²) >= 11 is 1.13. The second kappa shape index (κ2) is 6.27. The molecule has 0 aromatic carbocycles. The molecular formula is C14H11FN2O3S. The molecule has 2 aromatic heterocycles. The van der Waals surface area contributed by atoms with Gasteiger partial charge in [-0.1, -0.05) is 0 Å². The number of rotatable bonds is 4. The molecule has 0 bridgehead atoms. The molecule has 0 aliphatic carbocycles. The van der Waals surface area contributed by atoms with E-state index in [4.69, 9.17) is 5.11 Å². The van der Waals surface area contributed by atoms with Gasteiger partial charge in [0.25, 0.3) is 5.91 Å². The molecule has 108 valence electrons. The third kappa shape index (κ3) is 3.73. The van der Waals surface area contributed by atoms with E-state index in [1.165, 1.54) is 18.3 Å². The first-order valence-electron chi connectivity index (χ1n) is 5.89. The van der Waals surface area contributed by atoms with E-state index in [0.29, 0.717) is 9.75 Å². The molecule has 21 heavy (non-hydrogen) atoms. The van der Waals surface area contributed by atoms with Crippen molar-refractivity contribution in [2.24, 2.45) is 0 Å². The zero-order valence-corrected chi connectivity index (χ0v) is 11.8. The zero-order chi connectivity index (χ0) is 15.4. The summed E-state index contributed by atoms with van der Waals surface area (Å²) in [7, 11) is 0. The number of halogens is 1. The lowest BCUT2D eigenvalue weighted by Gasteiger charge is -2.03. The number of thiophene rings is 1. The largest absolute Gasteiger partial charge is 0.478 e. The van der Waals surface area contributed by atoms with Crippen LogP contribution in [0.2, 0.25) is 0 Å². The highest BCUT2D eigenvalue weighted by Gasteiger charge is 2.13. The van der Waals surface area contributed by atoms with E-state index in [1.54, 1.807) is 13.0 Å². The molecule has 2 N–H and O–H groups in total. The van der Waals surface area contributed by atoms with Crippen molar-refractivity contribution in [3.8, 4) is 0 Å². The van der Waals surface area contributed by atoms with E-state index < -0.39 is 17.7 Å². The van der Waals surface area contributed by atoms with Crippen LogP contribution in [-0.2, 0) is 4.79 Å². The lowest BCUT2D eigenvalue weighted by Crippen LogP contribution is -2.11. The lowest BCUT2D eigenvalue weighted by atomic mass is 10.2. The highest BCUT2D eigenvalue weighted by molar-refractivity contribution is 7.15. The molecule has 0 fully saturated rings. The quantitative estimate of drug-likeness (QED) is 0.851. The van der Waals surface area contributed by atoms with Gasteiger partial charge in [0.05, 0.1) is 16.8 Å². The number of carbonyl (C=O) groups excluding carboxylic acids is 1. The fourth-order valence-corrected chi connectivity index (χ4v) is 2.55. The number of nitrogens with zero attached hydrogens (tertiary/aromatic N) is 1. The van der Waals surface area contributed by atoms with Crippen molar-refractivity contribution >= 4 is 35.0 Å². The van der Waals surface area contributed by atoms with Crippen molar-refractivity contribution in [3.05, 3.63) is 51.7 Å². The highest BCUT2D eigenvalue weighted by atomic mass is 32.1. The molecule has 0 atom stereocenters. The molecule has 0 radical (unpaired) electrons. The van der Waals surface area contributed by atoms with Crippen LogP contribution in [0.25, 0.3) is 6.08 Å². The van der Waals surface area contributed by atoms with Gasteiger partial charge in [-0.3, -0.25) is 9.78 Å². The van der Waals surface area contributed by atoms with Crippen molar-refractivity contribution in [1.82, 2.24) is 4.98 Å². The predicted octanol–water partition coefficient (Wildman–Crippen LogP) is 2.94. The molecule has 7 heteroatoms. The molecule has 0 unspecified atom stereocenters. The van der Waals surface area contributed by atoms with Gasteiger partial charge in [-0.2, -0.15) is 0 Å². The van der Waals surface area contributed by atoms with Crippen LogP contribution in [0.5, 0.6) is 0 Å². The van der Waals surface area contributed by atoms with Gasteiger partial charge in [-0.15, -0.1) is 11.3 Å². The number of carboxylic acid groups (broad SMARTS) is 1. The maximum atomic E-state index is 13.4. The van der Waals surface area contributed by atoms with Gasteiger partial charge in [0, 0.05) is 17.2 Å². The van der Waals surface area contributed by atoms with Crippen molar-refractivity contribution < 1.29 is 19.1 Å². The minimum Gasteiger partial charge on any atom is -0.478 e. The number of pyridine rings is 1. The smallest absolute Gasteiger partial charge is 0.328 e. The molecule has 2 rings (SSSR count). The Labute approximate surface area is 123 Å². The maximum Gasteiger partial charge on any atom is 0.328 e. The number of aryl methyl sites for hydroxylation is 1. The number of carbonyl (C=O) groups is 2. The van der Waals surface area contributed by atoms with Crippen LogP contribution in [0.3, 0.4) is 0 Å². The maximum absolute atomic E-state index is 13.4. The second-order valence-electron chi connectivity index (χ2n) is 4.14. The van der Waals surface area contributed by atoms with Crippen LogP contribution < -0.4 is 5.32 Å². The van der Waals surface area contributed by atoms with Crippen LogP contribution in [0.1, 0.15) is 20.1 Å². The molecule has 5 nitrogen and oxygen atoms in total. The number of anilines is 1. The summed E-state index contributed by atoms with van der Waals surface area (Å²) in [6.07, 6.45) is 4.81. The van der Waals surface area contributed by atoms with Crippen LogP contribution in [-0.4, -0.2) is 22.0 Å². The van der Waals surface area contributed by atoms with Crippen molar-refractivity contribution in [2.75, 3.05) is 5.32 Å². The van der Waals surface area contributed by atoms with Crippen LogP contribution >= 0.6 is 11.3 Å². The number of aromatic nitrogens is 1. The fraction of sp³-hybridized carbons (Fsp3) is 0.0714. The average molecular weight is 306 g/mol. The van der Waals surface area contributed by atoms with Gasteiger partial charge >= 0.3 is 5.97 Å². The molecular weight excluding hydrogens is 295 g/mol. The Morgan fingerprint density at radius 1 is 1.48 bits per heavy atom. The Bertz CT molecular complexity index is 725. The normalized spacial score (nSPS) is 10.8. The van der Waals surface area contributed by atoms with E-state index in [2.05, 4.69) is 10.3 Å². The fourth-order valence-electron chi connectivity index (χ4n) is 1.58. The number of aliphatic carboxylic acids is 1. The Morgan fingerprint density at radius 3 is 2.90 bits per heavy atom. The monoisotopic (exact) mass is 306 g/mol. The van der Waals surface area contributed by atoms with Gasteiger partial charge < -0.3 is 10.4 Å². The summed E-state index contributed by atoms with van der Waals surface area (Å²) in [5, 5.41) is 11.0. The third-order valence-corrected chi connectivity index (χ3v) is 3.78. The van der Waals surface area contributed by atoms with Crippen LogP contribution in [0.4, 0.5) is 10.1 Å². The number of amides is 1. The van der Waals surface area contributed by atoms with Gasteiger partial charge in [0.1, 0.15) is 0 Å².